The molecular formula is C46H51N5O7. The summed E-state index contributed by atoms with van der Waals surface area (Å²) in [6.45, 7) is 7.53. The minimum absolute atomic E-state index is 0.0730. The first-order chi connectivity index (χ1) is 28.3. The number of fused-ring (bicyclic) bond motifs is 6. The zero-order chi connectivity index (χ0) is 39.5. The van der Waals surface area contributed by atoms with E-state index in [-0.39, 0.29) is 41.9 Å². The van der Waals surface area contributed by atoms with Crippen molar-refractivity contribution in [2.75, 3.05) is 69.4 Å². The van der Waals surface area contributed by atoms with E-state index in [9.17, 15) is 19.8 Å². The van der Waals surface area contributed by atoms with Gasteiger partial charge in [-0.2, -0.15) is 0 Å². The number of rotatable bonds is 7. The number of carbonyl (C=O) groups is 2. The summed E-state index contributed by atoms with van der Waals surface area (Å²) < 4.78 is 18.3. The third-order valence-electron chi connectivity index (χ3n) is 13.5. The SMILES string of the molecule is COc1cccc([C@@H]2COc3cc(O)ccc3[C@@H]2c2ccc(N3CCC(CN4CCN5c6ccc7c(c6OC[C@H]5C4)CN(C4CCC(=O)NC4=O)C7O)CC3)cc2)c1. The Morgan fingerprint density at radius 2 is 1.69 bits per heavy atom. The second-order valence-electron chi connectivity index (χ2n) is 16.8. The number of imide groups is 1. The molecule has 0 bridgehead atoms. The molecule has 58 heavy (non-hydrogen) atoms. The van der Waals surface area contributed by atoms with Crippen LogP contribution in [0, 0.1) is 5.92 Å². The predicted molar refractivity (Wildman–Crippen MR) is 219 cm³/mol. The molecule has 6 aliphatic rings. The topological polar surface area (TPSA) is 127 Å². The Morgan fingerprint density at radius 3 is 2.50 bits per heavy atom. The zero-order valence-electron chi connectivity index (χ0n) is 32.9. The monoisotopic (exact) mass is 785 g/mol. The van der Waals surface area contributed by atoms with Gasteiger partial charge in [0.05, 0.1) is 31.5 Å². The van der Waals surface area contributed by atoms with E-state index >= 15 is 0 Å². The number of hydrogen-bond acceptors (Lipinski definition) is 11. The number of hydrogen-bond donors (Lipinski definition) is 3. The molecule has 4 aromatic carbocycles. The minimum atomic E-state index is -0.904. The van der Waals surface area contributed by atoms with Crippen molar-refractivity contribution in [3.63, 3.8) is 0 Å². The normalized spacial score (nSPS) is 26.1. The Bertz CT molecular complexity index is 2210. The van der Waals surface area contributed by atoms with Gasteiger partial charge in [0.15, 0.2) is 0 Å². The molecule has 0 saturated carbocycles. The lowest BCUT2D eigenvalue weighted by Crippen LogP contribution is -2.58. The van der Waals surface area contributed by atoms with Crippen LogP contribution in [0.5, 0.6) is 23.0 Å². The summed E-state index contributed by atoms with van der Waals surface area (Å²) in [4.78, 5) is 33.8. The number of benzene rings is 4. The number of phenols is 1. The van der Waals surface area contributed by atoms with Crippen LogP contribution >= 0.6 is 0 Å². The Labute approximate surface area is 338 Å². The maximum atomic E-state index is 12.6. The molecule has 302 valence electrons. The van der Waals surface area contributed by atoms with Crippen molar-refractivity contribution in [2.24, 2.45) is 5.92 Å². The molecule has 0 aromatic heterocycles. The molecule has 3 N–H and O–H groups in total. The molecule has 6 aliphatic heterocycles. The summed E-state index contributed by atoms with van der Waals surface area (Å²) in [7, 11) is 1.70. The summed E-state index contributed by atoms with van der Waals surface area (Å²) in [5.74, 6) is 2.81. The van der Waals surface area contributed by atoms with Crippen molar-refractivity contribution in [1.29, 1.82) is 0 Å². The number of nitrogens with zero attached hydrogens (tertiary/aromatic N) is 4. The van der Waals surface area contributed by atoms with Crippen LogP contribution in [0.25, 0.3) is 0 Å². The number of ether oxygens (including phenoxy) is 3. The molecule has 2 amide bonds. The highest BCUT2D eigenvalue weighted by Gasteiger charge is 2.44. The van der Waals surface area contributed by atoms with Crippen LogP contribution in [0.1, 0.15) is 71.6 Å². The van der Waals surface area contributed by atoms with Gasteiger partial charge in [-0.05, 0) is 72.7 Å². The lowest BCUT2D eigenvalue weighted by molar-refractivity contribution is -0.141. The van der Waals surface area contributed by atoms with E-state index in [0.717, 1.165) is 91.7 Å². The third kappa shape index (κ3) is 6.70. The number of amides is 2. The average molecular weight is 786 g/mol. The van der Waals surface area contributed by atoms with Gasteiger partial charge in [-0.25, -0.2) is 0 Å². The number of aliphatic hydroxyl groups is 1. The van der Waals surface area contributed by atoms with Crippen molar-refractivity contribution < 1.29 is 34.0 Å². The zero-order valence-corrected chi connectivity index (χ0v) is 32.9. The molecule has 3 saturated heterocycles. The molecule has 2 unspecified atom stereocenters. The van der Waals surface area contributed by atoms with Gasteiger partial charge in [-0.15, -0.1) is 0 Å². The highest BCUT2D eigenvalue weighted by Crippen LogP contribution is 2.49. The molecule has 12 heteroatoms. The number of methoxy groups -OCH3 is 1. The fraction of sp³-hybridized carbons (Fsp3) is 0.435. The largest absolute Gasteiger partial charge is 0.508 e. The molecule has 5 atom stereocenters. The summed E-state index contributed by atoms with van der Waals surface area (Å²) in [6.07, 6.45) is 2.08. The quantitative estimate of drug-likeness (QED) is 0.216. The number of aromatic hydroxyl groups is 1. The van der Waals surface area contributed by atoms with E-state index in [4.69, 9.17) is 14.2 Å². The van der Waals surface area contributed by atoms with Crippen LogP contribution in [0.15, 0.2) is 78.9 Å². The van der Waals surface area contributed by atoms with Crippen molar-refractivity contribution in [2.45, 2.75) is 62.4 Å². The van der Waals surface area contributed by atoms with Crippen molar-refractivity contribution in [3.05, 3.63) is 107 Å². The lowest BCUT2D eigenvalue weighted by atomic mass is 9.76. The summed E-state index contributed by atoms with van der Waals surface area (Å²) in [5, 5.41) is 23.9. The molecule has 4 aromatic rings. The van der Waals surface area contributed by atoms with E-state index < -0.39 is 12.3 Å². The first kappa shape index (κ1) is 37.0. The Morgan fingerprint density at radius 1 is 0.862 bits per heavy atom. The van der Waals surface area contributed by atoms with Gasteiger partial charge >= 0.3 is 0 Å². The lowest BCUT2D eigenvalue weighted by Gasteiger charge is -2.47. The molecule has 0 aliphatic carbocycles. The maximum absolute atomic E-state index is 12.6. The van der Waals surface area contributed by atoms with Crippen LogP contribution in [0.4, 0.5) is 11.4 Å². The highest BCUT2D eigenvalue weighted by atomic mass is 16.5. The summed E-state index contributed by atoms with van der Waals surface area (Å²) in [6, 6.07) is 26.6. The molecule has 12 nitrogen and oxygen atoms in total. The van der Waals surface area contributed by atoms with Gasteiger partial charge in [0, 0.05) is 92.5 Å². The first-order valence-corrected chi connectivity index (χ1v) is 20.8. The van der Waals surface area contributed by atoms with Crippen LogP contribution in [-0.2, 0) is 16.1 Å². The number of nitrogens with one attached hydrogen (secondary N) is 1. The fourth-order valence-corrected chi connectivity index (χ4v) is 10.5. The number of piperidine rings is 2. The second kappa shape index (κ2) is 15.1. The number of aliphatic hydroxyl groups excluding tert-OH is 1. The van der Waals surface area contributed by atoms with E-state index in [0.29, 0.717) is 32.1 Å². The van der Waals surface area contributed by atoms with Crippen LogP contribution in [0.3, 0.4) is 0 Å². The fourth-order valence-electron chi connectivity index (χ4n) is 10.5. The maximum Gasteiger partial charge on any atom is 0.244 e. The number of anilines is 2. The van der Waals surface area contributed by atoms with Crippen LogP contribution < -0.4 is 29.3 Å². The molecule has 0 radical (unpaired) electrons. The molecule has 10 rings (SSSR count). The minimum Gasteiger partial charge on any atom is -0.508 e. The van der Waals surface area contributed by atoms with Gasteiger partial charge in [0.1, 0.15) is 35.8 Å². The Balaban J connectivity index is 0.761. The molecular weight excluding hydrogens is 735 g/mol. The second-order valence-corrected chi connectivity index (χ2v) is 16.8. The van der Waals surface area contributed by atoms with Crippen molar-refractivity contribution in [3.8, 4) is 23.0 Å². The van der Waals surface area contributed by atoms with Gasteiger partial charge in [-0.3, -0.25) is 24.7 Å². The van der Waals surface area contributed by atoms with E-state index in [1.165, 1.54) is 16.8 Å². The van der Waals surface area contributed by atoms with E-state index in [2.05, 4.69) is 62.5 Å². The van der Waals surface area contributed by atoms with Crippen molar-refractivity contribution >= 4 is 23.2 Å². The Kier molecular flexibility index (Phi) is 9.66. The Hall–Kier alpha value is -5.30. The standard InChI is InChI=1S/C46H51N5O7/c1-56-34-4-2-3-30(21-34)38-27-57-41-22-33(52)9-10-36(41)43(38)29-5-7-31(8-6-29)49-17-15-28(16-18-49)23-48-19-20-50-32(24-48)26-58-44-37-25-51(40-13-14-42(53)47-45(40)54)46(55)35(37)11-12-39(44)50/h2-12,21-22,28,32,38,40,43,46,52,55H,13-20,23-27H2,1H3,(H,47,53,54)/t32-,38+,40?,43+,46?/m1/s1. The highest BCUT2D eigenvalue weighted by molar-refractivity contribution is 6.00. The van der Waals surface area contributed by atoms with E-state index in [1.807, 2.05) is 24.3 Å². The first-order valence-electron chi connectivity index (χ1n) is 20.8. The molecule has 0 spiro atoms. The van der Waals surface area contributed by atoms with Gasteiger partial charge in [0.25, 0.3) is 0 Å². The van der Waals surface area contributed by atoms with Gasteiger partial charge in [-0.1, -0.05) is 36.4 Å². The average Bonchev–Trinajstić information content (AvgIpc) is 3.59. The number of phenolic OH excluding ortho intramolecular Hbond substituents is 1. The van der Waals surface area contributed by atoms with Crippen LogP contribution in [0.2, 0.25) is 0 Å². The third-order valence-corrected chi connectivity index (χ3v) is 13.5. The molecule has 3 fully saturated rings. The number of piperazine rings is 1. The van der Waals surface area contributed by atoms with E-state index in [1.54, 1.807) is 24.1 Å². The van der Waals surface area contributed by atoms with Gasteiger partial charge in [0.2, 0.25) is 11.8 Å². The molecule has 6 heterocycles. The van der Waals surface area contributed by atoms with Crippen molar-refractivity contribution in [1.82, 2.24) is 15.1 Å². The smallest absolute Gasteiger partial charge is 0.244 e. The summed E-state index contributed by atoms with van der Waals surface area (Å²) >= 11 is 0. The number of carbonyl (C=O) groups excluding carboxylic acids is 2. The predicted octanol–water partition coefficient (Wildman–Crippen LogP) is 5.12. The van der Waals surface area contributed by atoms with Gasteiger partial charge < -0.3 is 34.2 Å². The van der Waals surface area contributed by atoms with Crippen LogP contribution in [-0.4, -0.2) is 104 Å². The summed E-state index contributed by atoms with van der Waals surface area (Å²) in [5.41, 5.74) is 7.53.